The maximum atomic E-state index is 9.26. The molecule has 0 aromatic rings. The predicted molar refractivity (Wildman–Crippen MR) is 29.2 cm³/mol. The first kappa shape index (κ1) is 12.6. The smallest absolute Gasteiger partial charge is 0.609 e. The van der Waals surface area contributed by atoms with Gasteiger partial charge in [0.2, 0.25) is 0 Å². The molecule has 0 spiro atoms. The minimum absolute atomic E-state index is 0. The van der Waals surface area contributed by atoms with Crippen LogP contribution in [0.1, 0.15) is 12.8 Å². The van der Waals surface area contributed by atoms with E-state index in [9.17, 15) is 5.21 Å². The minimum atomic E-state index is -0.995. The van der Waals surface area contributed by atoms with Crippen LogP contribution in [0, 0.1) is 42.7 Å². The number of rotatable bonds is 1. The van der Waals surface area contributed by atoms with Crippen LogP contribution in [0.5, 0.6) is 0 Å². The zero-order valence-corrected chi connectivity index (χ0v) is 9.47. The first-order valence-corrected chi connectivity index (χ1v) is 2.38. The fraction of sp³-hybridized carbons (Fsp3) is 0.750. The molecule has 9 heavy (non-hydrogen) atoms. The van der Waals surface area contributed by atoms with Crippen LogP contribution in [0.3, 0.4) is 0 Å². The third-order valence-corrected chi connectivity index (χ3v) is 0.474. The van der Waals surface area contributed by atoms with E-state index in [1.807, 2.05) is 0 Å². The van der Waals surface area contributed by atoms with E-state index >= 15 is 0 Å². The first-order chi connectivity index (χ1) is 3.77. The molecule has 1 aliphatic rings. The molecule has 5 heteroatoms. The van der Waals surface area contributed by atoms with Crippen molar-refractivity contribution in [2.75, 3.05) is 7.11 Å². The molecule has 1 fully saturated rings. The normalized spacial score (nSPS) is 16.3. The van der Waals surface area contributed by atoms with Crippen molar-refractivity contribution < 1.29 is 41.3 Å². The molecule has 0 aromatic heterocycles. The second-order valence-corrected chi connectivity index (χ2v) is 1.36. The van der Waals surface area contributed by atoms with Gasteiger partial charge in [0.1, 0.15) is 0 Å². The van der Waals surface area contributed by atoms with Crippen LogP contribution in [0.25, 0.3) is 5.84 Å². The maximum Gasteiger partial charge on any atom is 2.00 e. The molecular formula is C4H10N2O2U. The summed E-state index contributed by atoms with van der Waals surface area (Å²) in [5.74, 6) is 5.97. The Hall–Kier alpha value is 0.892. The second-order valence-electron chi connectivity index (χ2n) is 1.36. The Kier molecular flexibility index (Phi) is 12.4. The number of quaternary nitrogens is 1. The molecule has 0 aromatic carbocycles. The summed E-state index contributed by atoms with van der Waals surface area (Å²) in [6, 6.07) is 0. The van der Waals surface area contributed by atoms with E-state index < -0.39 is 5.34 Å². The monoisotopic (exact) mass is 356 g/mol. The van der Waals surface area contributed by atoms with Gasteiger partial charge >= 0.3 is 31.1 Å². The van der Waals surface area contributed by atoms with Crippen molar-refractivity contribution in [1.29, 1.82) is 0 Å². The van der Waals surface area contributed by atoms with Crippen LogP contribution in [0.4, 0.5) is 0 Å². The molecule has 1 aliphatic carbocycles. The largest absolute Gasteiger partial charge is 2.00 e. The summed E-state index contributed by atoms with van der Waals surface area (Å²) in [5, 5.41) is 8.26. The fourth-order valence-corrected chi connectivity index (χ4v) is 0. The quantitative estimate of drug-likeness (QED) is 0.526. The Labute approximate surface area is 78.6 Å². The van der Waals surface area contributed by atoms with Gasteiger partial charge < -0.3 is 17.5 Å². The average Bonchev–Trinajstić information content (AvgIpc) is 2.48. The molecule has 0 saturated heterocycles. The van der Waals surface area contributed by atoms with Crippen molar-refractivity contribution in [3.63, 3.8) is 0 Å². The van der Waals surface area contributed by atoms with E-state index in [1.165, 1.54) is 12.8 Å². The maximum absolute atomic E-state index is 9.26. The molecule has 1 rings (SSSR count). The summed E-state index contributed by atoms with van der Waals surface area (Å²) in [6.45, 7) is 0. The molecule has 0 aliphatic heterocycles. The van der Waals surface area contributed by atoms with Crippen LogP contribution < -0.4 is 5.34 Å². The molecule has 52 valence electrons. The molecule has 0 amide bonds. The van der Waals surface area contributed by atoms with Gasteiger partial charge in [-0.25, -0.2) is 17.7 Å². The van der Waals surface area contributed by atoms with Gasteiger partial charge in [0, 0.05) is 0 Å². The summed E-state index contributed by atoms with van der Waals surface area (Å²) in [7, 11) is 1.16. The van der Waals surface area contributed by atoms with E-state index in [2.05, 4.69) is 11.3 Å². The van der Waals surface area contributed by atoms with Gasteiger partial charge in [0.05, 0.1) is 7.11 Å². The van der Waals surface area contributed by atoms with Crippen LogP contribution in [0.2, 0.25) is 0 Å². The zero-order valence-electron chi connectivity index (χ0n) is 5.31. The van der Waals surface area contributed by atoms with E-state index in [0.717, 1.165) is 7.11 Å². The van der Waals surface area contributed by atoms with Crippen molar-refractivity contribution in [2.45, 2.75) is 12.8 Å². The van der Waals surface area contributed by atoms with Gasteiger partial charge in [-0.1, -0.05) is 0 Å². The van der Waals surface area contributed by atoms with Crippen molar-refractivity contribution in [3.05, 3.63) is 17.5 Å². The topological polar surface area (TPSA) is 60.5 Å². The molecule has 4 nitrogen and oxygen atoms in total. The Morgan fingerprint density at radius 1 is 1.67 bits per heavy atom. The van der Waals surface area contributed by atoms with Crippen LogP contribution in [-0.2, 0) is 4.84 Å². The van der Waals surface area contributed by atoms with Gasteiger partial charge in [-0.2, -0.15) is 0 Å². The molecule has 0 bridgehead atoms. The number of hydrogen-bond acceptors (Lipinski definition) is 2. The first-order valence-electron chi connectivity index (χ1n) is 2.38. The summed E-state index contributed by atoms with van der Waals surface area (Å²) < 4.78 is 0. The second kappa shape index (κ2) is 8.89. The van der Waals surface area contributed by atoms with Gasteiger partial charge in [-0.05, 0) is 0 Å². The standard InChI is InChI=1S/C3H5.CH5N2O2.U/c1-2-3-1;1-5-3(2)4;/h1H,2-3H2;2-3H,1H3;/q2*-1;+2. The number of hydrogen-bond donors (Lipinski definition) is 1. The van der Waals surface area contributed by atoms with Crippen LogP contribution in [-0.4, -0.2) is 7.11 Å². The Morgan fingerprint density at radius 3 is 1.89 bits per heavy atom. The number of nitrogens with one attached hydrogen (secondary N) is 2. The minimum Gasteiger partial charge on any atom is -0.609 e. The summed E-state index contributed by atoms with van der Waals surface area (Å²) >= 11 is 0. The third kappa shape index (κ3) is 27.9. The van der Waals surface area contributed by atoms with Crippen molar-refractivity contribution >= 4 is 0 Å². The Morgan fingerprint density at radius 2 is 1.89 bits per heavy atom. The van der Waals surface area contributed by atoms with Crippen LogP contribution >= 0.6 is 0 Å². The molecule has 2 N–H and O–H groups in total. The molecule has 1 atom stereocenters. The Balaban J connectivity index is 0. The summed E-state index contributed by atoms with van der Waals surface area (Å²) in [5.41, 5.74) is 0. The van der Waals surface area contributed by atoms with E-state index in [4.69, 9.17) is 5.84 Å². The molecule has 0 radical (unpaired) electrons. The molecular weight excluding hydrogens is 346 g/mol. The average molecular weight is 356 g/mol. The summed E-state index contributed by atoms with van der Waals surface area (Å²) in [4.78, 5) is 3.78. The van der Waals surface area contributed by atoms with Crippen LogP contribution in [0.15, 0.2) is 0 Å². The Bertz CT molecular complexity index is 49.1. The van der Waals surface area contributed by atoms with Gasteiger partial charge in [0.25, 0.3) is 0 Å². The molecule has 1 unspecified atom stereocenters. The van der Waals surface area contributed by atoms with Gasteiger partial charge in [-0.15, -0.1) is 0 Å². The van der Waals surface area contributed by atoms with E-state index in [0.29, 0.717) is 0 Å². The van der Waals surface area contributed by atoms with Gasteiger partial charge in [-0.3, -0.25) is 5.34 Å². The van der Waals surface area contributed by atoms with E-state index in [-0.39, 0.29) is 31.1 Å². The SMILES string of the molecule is CO[NH+]([NH-])[O-].[CH-]1CC1.[U+2]. The third-order valence-electron chi connectivity index (χ3n) is 0.474. The summed E-state index contributed by atoms with van der Waals surface area (Å²) in [6.07, 6.45) is 5.00. The van der Waals surface area contributed by atoms with Crippen molar-refractivity contribution in [3.8, 4) is 0 Å². The molecule has 1 saturated carbocycles. The van der Waals surface area contributed by atoms with Gasteiger partial charge in [0.15, 0.2) is 0 Å². The fourth-order valence-electron chi connectivity index (χ4n) is 0. The van der Waals surface area contributed by atoms with Crippen molar-refractivity contribution in [2.24, 2.45) is 0 Å². The van der Waals surface area contributed by atoms with Crippen molar-refractivity contribution in [1.82, 2.24) is 0 Å². The van der Waals surface area contributed by atoms with E-state index in [1.54, 1.807) is 0 Å². The zero-order chi connectivity index (χ0) is 6.41. The molecule has 0 heterocycles. The predicted octanol–water partition coefficient (Wildman–Crippen LogP) is -0.118.